The maximum absolute atomic E-state index is 4.71. The minimum Gasteiger partial charge on any atom is -0.357 e. The molecule has 0 aliphatic carbocycles. The average Bonchev–Trinajstić information content (AvgIpc) is 3.05. The summed E-state index contributed by atoms with van der Waals surface area (Å²) in [4.78, 5) is 10.7. The van der Waals surface area contributed by atoms with Crippen LogP contribution in [0.5, 0.6) is 0 Å². The zero-order chi connectivity index (χ0) is 18.4. The second-order valence-electron chi connectivity index (χ2n) is 6.11. The van der Waals surface area contributed by atoms with Crippen LogP contribution in [0.25, 0.3) is 0 Å². The Kier molecular flexibility index (Phi) is 6.99. The van der Waals surface area contributed by atoms with Gasteiger partial charge in [-0.25, -0.2) is 9.98 Å². The van der Waals surface area contributed by atoms with Crippen LogP contribution in [0.15, 0.2) is 4.99 Å². The van der Waals surface area contributed by atoms with E-state index in [4.69, 9.17) is 9.98 Å². The standard InChI is InChI=1S/C18H30N6S/c1-7-16-14(5)25-17(22-16)9-10-20-18(19-8-2)21-11-15-12(3)23-24(6)13(15)4/h7-11H2,1-6H3,(H2,19,20,21). The molecule has 25 heavy (non-hydrogen) atoms. The van der Waals surface area contributed by atoms with Crippen molar-refractivity contribution in [3.8, 4) is 0 Å². The summed E-state index contributed by atoms with van der Waals surface area (Å²) in [5.74, 6) is 0.842. The number of hydrogen-bond acceptors (Lipinski definition) is 4. The quantitative estimate of drug-likeness (QED) is 0.587. The van der Waals surface area contributed by atoms with E-state index in [1.54, 1.807) is 11.3 Å². The van der Waals surface area contributed by atoms with E-state index in [1.165, 1.54) is 26.8 Å². The first-order chi connectivity index (χ1) is 12.0. The zero-order valence-corrected chi connectivity index (χ0v) is 17.0. The van der Waals surface area contributed by atoms with Crippen molar-refractivity contribution in [1.82, 2.24) is 25.4 Å². The molecule has 6 nitrogen and oxygen atoms in total. The molecular formula is C18H30N6S. The molecule has 2 N–H and O–H groups in total. The van der Waals surface area contributed by atoms with E-state index in [9.17, 15) is 0 Å². The molecule has 2 rings (SSSR count). The summed E-state index contributed by atoms with van der Waals surface area (Å²) >= 11 is 1.80. The number of guanidine groups is 1. The fourth-order valence-corrected chi connectivity index (χ4v) is 3.78. The Morgan fingerprint density at radius 3 is 2.52 bits per heavy atom. The molecule has 138 valence electrons. The normalized spacial score (nSPS) is 11.8. The Hall–Kier alpha value is -1.89. The van der Waals surface area contributed by atoms with Crippen LogP contribution in [0, 0.1) is 20.8 Å². The Morgan fingerprint density at radius 1 is 1.20 bits per heavy atom. The first-order valence-electron chi connectivity index (χ1n) is 8.92. The number of hydrogen-bond donors (Lipinski definition) is 2. The van der Waals surface area contributed by atoms with Crippen molar-refractivity contribution in [1.29, 1.82) is 0 Å². The van der Waals surface area contributed by atoms with E-state index >= 15 is 0 Å². The number of aromatic nitrogens is 3. The number of thiazole rings is 1. The van der Waals surface area contributed by atoms with E-state index < -0.39 is 0 Å². The van der Waals surface area contributed by atoms with Crippen molar-refractivity contribution in [2.45, 2.75) is 54.0 Å². The van der Waals surface area contributed by atoms with Crippen molar-refractivity contribution < 1.29 is 0 Å². The number of nitrogens with one attached hydrogen (secondary N) is 2. The predicted octanol–water partition coefficient (Wildman–Crippen LogP) is 2.66. The molecule has 0 bridgehead atoms. The molecule has 0 saturated carbocycles. The summed E-state index contributed by atoms with van der Waals surface area (Å²) < 4.78 is 1.91. The largest absolute Gasteiger partial charge is 0.357 e. The van der Waals surface area contributed by atoms with Crippen molar-refractivity contribution in [2.75, 3.05) is 13.1 Å². The number of aryl methyl sites for hydroxylation is 4. The van der Waals surface area contributed by atoms with E-state index in [2.05, 4.69) is 43.4 Å². The molecule has 0 amide bonds. The van der Waals surface area contributed by atoms with Gasteiger partial charge in [-0.15, -0.1) is 11.3 Å². The molecule has 2 aromatic heterocycles. The lowest BCUT2D eigenvalue weighted by Crippen LogP contribution is -2.38. The highest BCUT2D eigenvalue weighted by Gasteiger charge is 2.09. The topological polar surface area (TPSA) is 67.1 Å². The number of aliphatic imine (C=N–C) groups is 1. The third kappa shape index (κ3) is 5.04. The molecule has 2 heterocycles. The van der Waals surface area contributed by atoms with Gasteiger partial charge in [0.1, 0.15) is 0 Å². The minimum atomic E-state index is 0.636. The van der Waals surface area contributed by atoms with Crippen LogP contribution >= 0.6 is 11.3 Å². The smallest absolute Gasteiger partial charge is 0.191 e. The maximum Gasteiger partial charge on any atom is 0.191 e. The first kappa shape index (κ1) is 19.4. The Balaban J connectivity index is 1.95. The first-order valence-corrected chi connectivity index (χ1v) is 9.74. The lowest BCUT2D eigenvalue weighted by Gasteiger charge is -2.10. The van der Waals surface area contributed by atoms with E-state index in [1.807, 2.05) is 18.7 Å². The second kappa shape index (κ2) is 8.99. The molecule has 0 aliphatic heterocycles. The van der Waals surface area contributed by atoms with Crippen LogP contribution in [-0.4, -0.2) is 33.8 Å². The number of rotatable bonds is 7. The van der Waals surface area contributed by atoms with Gasteiger partial charge >= 0.3 is 0 Å². The monoisotopic (exact) mass is 362 g/mol. The van der Waals surface area contributed by atoms with Gasteiger partial charge in [0.25, 0.3) is 0 Å². The van der Waals surface area contributed by atoms with E-state index in [0.717, 1.165) is 37.6 Å². The van der Waals surface area contributed by atoms with Gasteiger partial charge in [0.2, 0.25) is 0 Å². The molecule has 0 aliphatic rings. The third-order valence-corrected chi connectivity index (χ3v) is 5.37. The third-order valence-electron chi connectivity index (χ3n) is 4.30. The Morgan fingerprint density at radius 2 is 1.96 bits per heavy atom. The summed E-state index contributed by atoms with van der Waals surface area (Å²) in [6.07, 6.45) is 1.92. The minimum absolute atomic E-state index is 0.636. The maximum atomic E-state index is 4.71. The van der Waals surface area contributed by atoms with Gasteiger partial charge in [-0.1, -0.05) is 6.92 Å². The summed E-state index contributed by atoms with van der Waals surface area (Å²) in [7, 11) is 1.97. The van der Waals surface area contributed by atoms with Gasteiger partial charge in [-0.2, -0.15) is 5.10 Å². The van der Waals surface area contributed by atoms with Gasteiger partial charge in [0, 0.05) is 42.7 Å². The van der Waals surface area contributed by atoms with Crippen LogP contribution in [0.4, 0.5) is 0 Å². The summed E-state index contributed by atoms with van der Waals surface area (Å²) in [5.41, 5.74) is 4.64. The Bertz CT molecular complexity index is 728. The van der Waals surface area contributed by atoms with E-state index in [0.29, 0.717) is 6.54 Å². The molecule has 0 radical (unpaired) electrons. The van der Waals surface area contributed by atoms with Crippen LogP contribution in [0.1, 0.15) is 46.4 Å². The van der Waals surface area contributed by atoms with Gasteiger partial charge in [0.05, 0.1) is 22.9 Å². The molecule has 0 spiro atoms. The van der Waals surface area contributed by atoms with Gasteiger partial charge in [-0.05, 0) is 34.1 Å². The van der Waals surface area contributed by atoms with Crippen molar-refractivity contribution in [3.63, 3.8) is 0 Å². The van der Waals surface area contributed by atoms with Gasteiger partial charge in [-0.3, -0.25) is 4.68 Å². The molecule has 0 aromatic carbocycles. The van der Waals surface area contributed by atoms with Crippen LogP contribution in [-0.2, 0) is 26.4 Å². The lowest BCUT2D eigenvalue weighted by molar-refractivity contribution is 0.730. The van der Waals surface area contributed by atoms with Gasteiger partial charge in [0.15, 0.2) is 5.96 Å². The summed E-state index contributed by atoms with van der Waals surface area (Å²) in [6.45, 7) is 12.8. The van der Waals surface area contributed by atoms with Crippen LogP contribution < -0.4 is 10.6 Å². The summed E-state index contributed by atoms with van der Waals surface area (Å²) in [6, 6.07) is 0. The fraction of sp³-hybridized carbons (Fsp3) is 0.611. The molecule has 0 atom stereocenters. The molecule has 7 heteroatoms. The van der Waals surface area contributed by atoms with E-state index in [-0.39, 0.29) is 0 Å². The van der Waals surface area contributed by atoms with Crippen molar-refractivity contribution in [2.24, 2.45) is 12.0 Å². The average molecular weight is 363 g/mol. The predicted molar refractivity (Wildman–Crippen MR) is 105 cm³/mol. The van der Waals surface area contributed by atoms with Gasteiger partial charge < -0.3 is 10.6 Å². The molecular weight excluding hydrogens is 332 g/mol. The Labute approximate surface area is 154 Å². The highest BCUT2D eigenvalue weighted by atomic mass is 32.1. The van der Waals surface area contributed by atoms with Crippen LogP contribution in [0.3, 0.4) is 0 Å². The highest BCUT2D eigenvalue weighted by Crippen LogP contribution is 2.18. The van der Waals surface area contributed by atoms with Crippen LogP contribution in [0.2, 0.25) is 0 Å². The molecule has 0 fully saturated rings. The van der Waals surface area contributed by atoms with Crippen molar-refractivity contribution in [3.05, 3.63) is 32.5 Å². The number of nitrogens with zero attached hydrogens (tertiary/aromatic N) is 4. The lowest BCUT2D eigenvalue weighted by atomic mass is 10.2. The molecule has 2 aromatic rings. The second-order valence-corrected chi connectivity index (χ2v) is 7.40. The molecule has 0 saturated heterocycles. The molecule has 0 unspecified atom stereocenters. The zero-order valence-electron chi connectivity index (χ0n) is 16.2. The van der Waals surface area contributed by atoms with Crippen molar-refractivity contribution >= 4 is 17.3 Å². The highest BCUT2D eigenvalue weighted by molar-refractivity contribution is 7.11. The summed E-state index contributed by atoms with van der Waals surface area (Å²) in [5, 5.41) is 12.4. The fourth-order valence-electron chi connectivity index (χ4n) is 2.76. The SMILES string of the molecule is CCNC(=NCc1c(C)nn(C)c1C)NCCc1nc(CC)c(C)s1.